The Morgan fingerprint density at radius 3 is 2.62 bits per heavy atom. The molecule has 1 fully saturated rings. The molecule has 1 aliphatic heterocycles. The summed E-state index contributed by atoms with van der Waals surface area (Å²) in [5, 5.41) is 11.7. The highest BCUT2D eigenvalue weighted by Gasteiger charge is 2.50. The van der Waals surface area contributed by atoms with Gasteiger partial charge in [0.25, 0.3) is 0 Å². The number of hydrogen-bond acceptors (Lipinski definition) is 2. The summed E-state index contributed by atoms with van der Waals surface area (Å²) in [7, 11) is 0. The van der Waals surface area contributed by atoms with Crippen LogP contribution in [0.4, 0.5) is 4.39 Å². The van der Waals surface area contributed by atoms with E-state index in [2.05, 4.69) is 5.32 Å². The Bertz CT molecular complexity index is 374. The van der Waals surface area contributed by atoms with Crippen molar-refractivity contribution in [3.05, 3.63) is 35.9 Å². The molecule has 0 aromatic heterocycles. The van der Waals surface area contributed by atoms with Gasteiger partial charge in [0, 0.05) is 19.0 Å². The Kier molecular flexibility index (Phi) is 3.88. The number of benzene rings is 1. The first-order valence-electron chi connectivity index (χ1n) is 4.82. The number of carboxylic acids is 1. The van der Waals surface area contributed by atoms with E-state index in [4.69, 9.17) is 5.11 Å². The molecule has 3 nitrogen and oxygen atoms in total. The Morgan fingerprint density at radius 2 is 2.06 bits per heavy atom. The van der Waals surface area contributed by atoms with E-state index in [1.165, 1.54) is 0 Å². The Balaban J connectivity index is 0.00000128. The Hall–Kier alpha value is -1.13. The summed E-state index contributed by atoms with van der Waals surface area (Å²) in [5.41, 5.74) is -1.45. The third-order valence-electron chi connectivity index (χ3n) is 2.84. The monoisotopic (exact) mass is 245 g/mol. The quantitative estimate of drug-likeness (QED) is 0.832. The van der Waals surface area contributed by atoms with Gasteiger partial charge in [0.05, 0.1) is 0 Å². The first kappa shape index (κ1) is 12.9. The van der Waals surface area contributed by atoms with Crippen molar-refractivity contribution in [1.82, 2.24) is 5.32 Å². The number of carbonyl (C=O) groups is 1. The van der Waals surface area contributed by atoms with Gasteiger partial charge in [0.1, 0.15) is 0 Å². The van der Waals surface area contributed by atoms with Gasteiger partial charge in [0.2, 0.25) is 5.67 Å². The van der Waals surface area contributed by atoms with Crippen LogP contribution in [0.25, 0.3) is 0 Å². The van der Waals surface area contributed by atoms with Crippen LogP contribution in [0.1, 0.15) is 11.5 Å². The SMILES string of the molecule is Cl.O=C(O)C1(F)CNCC1c1ccccc1. The van der Waals surface area contributed by atoms with Gasteiger partial charge in [0.15, 0.2) is 0 Å². The molecule has 88 valence electrons. The maximum Gasteiger partial charge on any atom is 0.343 e. The normalized spacial score (nSPS) is 28.4. The van der Waals surface area contributed by atoms with Crippen molar-refractivity contribution < 1.29 is 14.3 Å². The lowest BCUT2D eigenvalue weighted by atomic mass is 9.86. The molecule has 2 rings (SSSR count). The zero-order valence-corrected chi connectivity index (χ0v) is 9.34. The fourth-order valence-electron chi connectivity index (χ4n) is 1.98. The molecule has 16 heavy (non-hydrogen) atoms. The second-order valence-corrected chi connectivity index (χ2v) is 3.76. The van der Waals surface area contributed by atoms with Crippen LogP contribution < -0.4 is 5.32 Å². The molecular weight excluding hydrogens is 233 g/mol. The highest BCUT2D eigenvalue weighted by molar-refractivity contribution is 5.85. The molecule has 0 spiro atoms. The molecule has 1 aliphatic rings. The van der Waals surface area contributed by atoms with Gasteiger partial charge in [-0.25, -0.2) is 9.18 Å². The van der Waals surface area contributed by atoms with E-state index >= 15 is 0 Å². The van der Waals surface area contributed by atoms with Crippen molar-refractivity contribution in [2.24, 2.45) is 0 Å². The summed E-state index contributed by atoms with van der Waals surface area (Å²) in [4.78, 5) is 10.9. The second kappa shape index (κ2) is 4.80. The molecule has 0 bridgehead atoms. The van der Waals surface area contributed by atoms with Crippen LogP contribution in [0, 0.1) is 0 Å². The minimum atomic E-state index is -2.18. The lowest BCUT2D eigenvalue weighted by Crippen LogP contribution is -2.40. The zero-order valence-electron chi connectivity index (χ0n) is 8.52. The van der Waals surface area contributed by atoms with Gasteiger partial charge in [-0.05, 0) is 5.56 Å². The highest BCUT2D eigenvalue weighted by atomic mass is 35.5. The van der Waals surface area contributed by atoms with E-state index in [0.29, 0.717) is 6.54 Å². The fourth-order valence-corrected chi connectivity index (χ4v) is 1.98. The van der Waals surface area contributed by atoms with E-state index < -0.39 is 17.6 Å². The predicted octanol–water partition coefficient (Wildman–Crippen LogP) is 1.59. The maximum atomic E-state index is 14.1. The highest BCUT2D eigenvalue weighted by Crippen LogP contribution is 2.35. The summed E-state index contributed by atoms with van der Waals surface area (Å²) in [6.07, 6.45) is 0. The first-order chi connectivity index (χ1) is 7.14. The summed E-state index contributed by atoms with van der Waals surface area (Å²) in [6.45, 7) is 0.245. The van der Waals surface area contributed by atoms with Crippen LogP contribution >= 0.6 is 12.4 Å². The zero-order chi connectivity index (χ0) is 10.9. The number of nitrogens with one attached hydrogen (secondary N) is 1. The van der Waals surface area contributed by atoms with Crippen LogP contribution in [0.2, 0.25) is 0 Å². The Labute approximate surface area is 99.1 Å². The molecule has 0 radical (unpaired) electrons. The molecule has 1 saturated heterocycles. The minimum absolute atomic E-state index is 0. The van der Waals surface area contributed by atoms with E-state index in [9.17, 15) is 9.18 Å². The van der Waals surface area contributed by atoms with Crippen LogP contribution in [0.3, 0.4) is 0 Å². The van der Waals surface area contributed by atoms with E-state index in [-0.39, 0.29) is 19.0 Å². The average Bonchev–Trinajstić information content (AvgIpc) is 2.63. The van der Waals surface area contributed by atoms with Gasteiger partial charge in [-0.2, -0.15) is 0 Å². The lowest BCUT2D eigenvalue weighted by Gasteiger charge is -2.21. The van der Waals surface area contributed by atoms with Crippen molar-refractivity contribution in [3.8, 4) is 0 Å². The average molecular weight is 246 g/mol. The number of alkyl halides is 1. The Morgan fingerprint density at radius 1 is 1.44 bits per heavy atom. The van der Waals surface area contributed by atoms with Crippen molar-refractivity contribution in [1.29, 1.82) is 0 Å². The molecule has 1 aromatic rings. The van der Waals surface area contributed by atoms with Crippen LogP contribution in [-0.2, 0) is 4.79 Å². The van der Waals surface area contributed by atoms with Crippen molar-refractivity contribution in [2.75, 3.05) is 13.1 Å². The number of rotatable bonds is 2. The summed E-state index contributed by atoms with van der Waals surface area (Å²) < 4.78 is 14.1. The third kappa shape index (κ3) is 2.03. The van der Waals surface area contributed by atoms with Crippen LogP contribution in [0.15, 0.2) is 30.3 Å². The molecular formula is C11H13ClFNO2. The number of aliphatic carboxylic acids is 1. The number of hydrogen-bond donors (Lipinski definition) is 2. The van der Waals surface area contributed by atoms with Crippen molar-refractivity contribution >= 4 is 18.4 Å². The van der Waals surface area contributed by atoms with Crippen molar-refractivity contribution in [3.63, 3.8) is 0 Å². The van der Waals surface area contributed by atoms with Crippen molar-refractivity contribution in [2.45, 2.75) is 11.6 Å². The topological polar surface area (TPSA) is 49.3 Å². The van der Waals surface area contributed by atoms with Gasteiger partial charge >= 0.3 is 5.97 Å². The summed E-state index contributed by atoms with van der Waals surface area (Å²) in [6, 6.07) is 8.92. The molecule has 2 N–H and O–H groups in total. The molecule has 0 saturated carbocycles. The fraction of sp³-hybridized carbons (Fsp3) is 0.364. The first-order valence-corrected chi connectivity index (χ1v) is 4.82. The molecule has 0 aliphatic carbocycles. The van der Waals surface area contributed by atoms with Crippen LogP contribution in [-0.4, -0.2) is 29.8 Å². The molecule has 1 aromatic carbocycles. The molecule has 5 heteroatoms. The van der Waals surface area contributed by atoms with Crippen LogP contribution in [0.5, 0.6) is 0 Å². The van der Waals surface area contributed by atoms with Gasteiger partial charge in [-0.1, -0.05) is 30.3 Å². The maximum absolute atomic E-state index is 14.1. The second-order valence-electron chi connectivity index (χ2n) is 3.76. The predicted molar refractivity (Wildman–Crippen MR) is 60.8 cm³/mol. The largest absolute Gasteiger partial charge is 0.479 e. The minimum Gasteiger partial charge on any atom is -0.479 e. The van der Waals surface area contributed by atoms with E-state index in [0.717, 1.165) is 5.56 Å². The van der Waals surface area contributed by atoms with E-state index in [1.807, 2.05) is 6.07 Å². The molecule has 1 heterocycles. The molecule has 2 atom stereocenters. The lowest BCUT2D eigenvalue weighted by molar-refractivity contribution is -0.150. The number of halogens is 2. The molecule has 2 unspecified atom stereocenters. The third-order valence-corrected chi connectivity index (χ3v) is 2.84. The standard InChI is InChI=1S/C11H12FNO2.ClH/c12-11(10(14)15)7-13-6-9(11)8-4-2-1-3-5-8;/h1-5,9,13H,6-7H2,(H,14,15);1H. The summed E-state index contributed by atoms with van der Waals surface area (Å²) >= 11 is 0. The summed E-state index contributed by atoms with van der Waals surface area (Å²) in [5.74, 6) is -1.99. The van der Waals surface area contributed by atoms with Gasteiger partial charge < -0.3 is 10.4 Å². The van der Waals surface area contributed by atoms with E-state index in [1.54, 1.807) is 24.3 Å². The smallest absolute Gasteiger partial charge is 0.343 e. The number of carboxylic acid groups (broad SMARTS) is 1. The van der Waals surface area contributed by atoms with Gasteiger partial charge in [-0.3, -0.25) is 0 Å². The molecule has 0 amide bonds. The van der Waals surface area contributed by atoms with Gasteiger partial charge in [-0.15, -0.1) is 12.4 Å².